The zero-order valence-electron chi connectivity index (χ0n) is 34.3. The van der Waals surface area contributed by atoms with Gasteiger partial charge in [-0.15, -0.1) is 0 Å². The first-order chi connectivity index (χ1) is 31.2. The summed E-state index contributed by atoms with van der Waals surface area (Å²) in [7, 11) is 0. The maximum atomic E-state index is 2.55. The molecule has 0 amide bonds. The second kappa shape index (κ2) is 13.2. The van der Waals surface area contributed by atoms with Crippen LogP contribution in [0.4, 0.5) is 34.1 Å². The molecular weight excluding hydrogens is 759 g/mol. The molecule has 0 radical (unpaired) electrons. The minimum atomic E-state index is -0.0304. The molecule has 0 saturated carbocycles. The van der Waals surface area contributed by atoms with Crippen LogP contribution in [0.5, 0.6) is 0 Å². The van der Waals surface area contributed by atoms with E-state index in [1.807, 2.05) is 0 Å². The first-order valence-electron chi connectivity index (χ1n) is 21.9. The first-order valence-corrected chi connectivity index (χ1v) is 21.9. The molecule has 0 atom stereocenters. The summed E-state index contributed by atoms with van der Waals surface area (Å²) in [5, 5.41) is 15.1. The summed E-state index contributed by atoms with van der Waals surface area (Å²) in [5.74, 6) is 0. The van der Waals surface area contributed by atoms with Gasteiger partial charge in [-0.25, -0.2) is 0 Å². The summed E-state index contributed by atoms with van der Waals surface area (Å²) in [6.07, 6.45) is 0. The van der Waals surface area contributed by atoms with E-state index in [9.17, 15) is 0 Å². The third-order valence-electron chi connectivity index (χ3n) is 13.9. The van der Waals surface area contributed by atoms with Gasteiger partial charge in [-0.1, -0.05) is 164 Å². The van der Waals surface area contributed by atoms with Crippen molar-refractivity contribution in [1.29, 1.82) is 0 Å². The summed E-state index contributed by atoms with van der Waals surface area (Å²) in [6.45, 7) is -0.0304. The van der Waals surface area contributed by atoms with E-state index in [0.717, 1.165) is 11.4 Å². The van der Waals surface area contributed by atoms with Crippen LogP contribution >= 0.6 is 0 Å². The monoisotopic (exact) mass is 796 g/mol. The Morgan fingerprint density at radius 3 is 1.27 bits per heavy atom. The normalized spacial score (nSPS) is 13.0. The SMILES string of the molecule is c1ccc(N2c3cc4c(ccc5ccccc54)cc3B3c4cc5ccc6ccccc6c5cc4N(c4ccccc4)c4cc(-c5cccc6cc7ccccc7cc56)cc2c43)cc1. The Balaban J connectivity index is 1.16. The Bertz CT molecular complexity index is 3690. The average molecular weight is 797 g/mol. The maximum absolute atomic E-state index is 2.55. The molecule has 0 fully saturated rings. The van der Waals surface area contributed by atoms with Crippen molar-refractivity contribution >= 4 is 122 Å². The minimum Gasteiger partial charge on any atom is -0.311 e. The number of para-hydroxylation sites is 2. The van der Waals surface area contributed by atoms with E-state index >= 15 is 0 Å². The van der Waals surface area contributed by atoms with Gasteiger partial charge in [0.2, 0.25) is 0 Å². The van der Waals surface area contributed by atoms with Crippen molar-refractivity contribution in [2.75, 3.05) is 9.80 Å². The van der Waals surface area contributed by atoms with E-state index in [2.05, 4.69) is 234 Å². The smallest absolute Gasteiger partial charge is 0.252 e. The fraction of sp³-hybridized carbons (Fsp3) is 0. The molecule has 0 bridgehead atoms. The molecule has 0 aliphatic carbocycles. The van der Waals surface area contributed by atoms with Crippen molar-refractivity contribution in [2.45, 2.75) is 0 Å². The molecule has 12 aromatic carbocycles. The fourth-order valence-electron chi connectivity index (χ4n) is 11.1. The van der Waals surface area contributed by atoms with E-state index in [1.165, 1.54) is 115 Å². The number of hydrogen-bond donors (Lipinski definition) is 0. The Morgan fingerprint density at radius 2 is 0.714 bits per heavy atom. The van der Waals surface area contributed by atoms with Gasteiger partial charge in [0.15, 0.2) is 0 Å². The Kier molecular flexibility index (Phi) is 7.23. The predicted molar refractivity (Wildman–Crippen MR) is 271 cm³/mol. The molecule has 63 heavy (non-hydrogen) atoms. The van der Waals surface area contributed by atoms with Crippen LogP contribution in [-0.4, -0.2) is 6.71 Å². The molecule has 2 nitrogen and oxygen atoms in total. The Hall–Kier alpha value is -8.14. The summed E-state index contributed by atoms with van der Waals surface area (Å²) in [5.41, 5.74) is 13.5. The molecule has 2 heterocycles. The minimum absolute atomic E-state index is 0.0304. The Labute approximate surface area is 365 Å². The molecule has 0 aromatic heterocycles. The lowest BCUT2D eigenvalue weighted by Gasteiger charge is -2.44. The van der Waals surface area contributed by atoms with Crippen molar-refractivity contribution < 1.29 is 0 Å². The van der Waals surface area contributed by atoms with Gasteiger partial charge in [0.25, 0.3) is 6.71 Å². The van der Waals surface area contributed by atoms with Crippen LogP contribution in [-0.2, 0) is 0 Å². The topological polar surface area (TPSA) is 6.48 Å². The van der Waals surface area contributed by atoms with E-state index in [-0.39, 0.29) is 6.71 Å². The van der Waals surface area contributed by atoms with E-state index in [4.69, 9.17) is 0 Å². The summed E-state index contributed by atoms with van der Waals surface area (Å²) in [4.78, 5) is 5.11. The van der Waals surface area contributed by atoms with Gasteiger partial charge in [-0.05, 0) is 153 Å². The van der Waals surface area contributed by atoms with Crippen molar-refractivity contribution in [3.05, 3.63) is 224 Å². The standard InChI is InChI=1S/C60H37BN2/c1-3-19-46(20-4-1)62-56-36-52-43(28-26-38-14-9-11-23-48(38)52)32-54(56)61-55-33-44-29-27-39-15-10-12-24-49(39)53(44)37-57(55)63(47-21-5-2-6-22-47)59-35-45(34-58(62)60(59)61)50-25-13-18-42-30-40-16-7-8-17-41(40)31-51(42)50/h1-37H. The van der Waals surface area contributed by atoms with E-state index in [0.29, 0.717) is 0 Å². The molecule has 2 aliphatic rings. The molecule has 12 aromatic rings. The van der Waals surface area contributed by atoms with Crippen LogP contribution in [0.1, 0.15) is 0 Å². The zero-order chi connectivity index (χ0) is 41.2. The van der Waals surface area contributed by atoms with Crippen LogP contribution in [0.15, 0.2) is 224 Å². The number of hydrogen-bond acceptors (Lipinski definition) is 2. The highest BCUT2D eigenvalue weighted by Crippen LogP contribution is 2.48. The van der Waals surface area contributed by atoms with E-state index < -0.39 is 0 Å². The largest absolute Gasteiger partial charge is 0.311 e. The predicted octanol–water partition coefficient (Wildman–Crippen LogP) is 14.4. The zero-order valence-corrected chi connectivity index (χ0v) is 34.3. The van der Waals surface area contributed by atoms with Crippen molar-refractivity contribution in [3.8, 4) is 11.1 Å². The van der Waals surface area contributed by atoms with Crippen molar-refractivity contribution in [1.82, 2.24) is 0 Å². The highest BCUT2D eigenvalue weighted by atomic mass is 15.2. The van der Waals surface area contributed by atoms with E-state index in [1.54, 1.807) is 0 Å². The lowest BCUT2D eigenvalue weighted by Crippen LogP contribution is -2.61. The lowest BCUT2D eigenvalue weighted by molar-refractivity contribution is 1.26. The van der Waals surface area contributed by atoms with Crippen molar-refractivity contribution in [3.63, 3.8) is 0 Å². The number of nitrogens with zero attached hydrogens (tertiary/aromatic N) is 2. The van der Waals surface area contributed by atoms with Gasteiger partial charge in [0, 0.05) is 34.1 Å². The highest BCUT2D eigenvalue weighted by Gasteiger charge is 2.44. The molecule has 14 rings (SSSR count). The van der Waals surface area contributed by atoms with Gasteiger partial charge < -0.3 is 9.80 Å². The number of anilines is 6. The Morgan fingerprint density at radius 1 is 0.270 bits per heavy atom. The molecule has 2 aliphatic heterocycles. The maximum Gasteiger partial charge on any atom is 0.252 e. The van der Waals surface area contributed by atoms with Gasteiger partial charge in [-0.3, -0.25) is 0 Å². The molecule has 3 heteroatoms. The molecule has 0 N–H and O–H groups in total. The van der Waals surface area contributed by atoms with Crippen LogP contribution in [0, 0.1) is 0 Å². The summed E-state index contributed by atoms with van der Waals surface area (Å²) < 4.78 is 0. The van der Waals surface area contributed by atoms with Gasteiger partial charge in [0.1, 0.15) is 0 Å². The third-order valence-corrected chi connectivity index (χ3v) is 13.9. The average Bonchev–Trinajstić information content (AvgIpc) is 3.34. The van der Waals surface area contributed by atoms with Gasteiger partial charge in [-0.2, -0.15) is 0 Å². The quantitative estimate of drug-likeness (QED) is 0.0998. The number of rotatable bonds is 3. The summed E-state index contributed by atoms with van der Waals surface area (Å²) in [6, 6.07) is 84.1. The lowest BCUT2D eigenvalue weighted by atomic mass is 9.33. The second-order valence-corrected chi connectivity index (χ2v) is 17.3. The van der Waals surface area contributed by atoms with Crippen LogP contribution in [0.2, 0.25) is 0 Å². The molecule has 0 spiro atoms. The van der Waals surface area contributed by atoms with Crippen LogP contribution in [0.25, 0.3) is 75.8 Å². The van der Waals surface area contributed by atoms with Crippen LogP contribution in [0.3, 0.4) is 0 Å². The molecule has 0 unspecified atom stereocenters. The van der Waals surface area contributed by atoms with Gasteiger partial charge >= 0.3 is 0 Å². The highest BCUT2D eigenvalue weighted by molar-refractivity contribution is 7.00. The van der Waals surface area contributed by atoms with Gasteiger partial charge in [0.05, 0.1) is 0 Å². The third kappa shape index (κ3) is 5.08. The molecular formula is C60H37BN2. The van der Waals surface area contributed by atoms with Crippen LogP contribution < -0.4 is 26.2 Å². The fourth-order valence-corrected chi connectivity index (χ4v) is 11.1. The van der Waals surface area contributed by atoms with Crippen molar-refractivity contribution in [2.24, 2.45) is 0 Å². The number of benzene rings is 12. The number of fused-ring (bicyclic) bond motifs is 12. The summed E-state index contributed by atoms with van der Waals surface area (Å²) >= 11 is 0. The molecule has 290 valence electrons. The first kappa shape index (κ1) is 34.6. The second-order valence-electron chi connectivity index (χ2n) is 17.3. The molecule has 0 saturated heterocycles.